The van der Waals surface area contributed by atoms with Gasteiger partial charge in [0.1, 0.15) is 0 Å². The summed E-state index contributed by atoms with van der Waals surface area (Å²) in [7, 11) is 0. The maximum Gasteiger partial charge on any atom is 0.223 e. The molecule has 1 rings (SSSR count). The van der Waals surface area contributed by atoms with Crippen LogP contribution in [-0.2, 0) is 4.79 Å². The average molecular weight is 241 g/mol. The quantitative estimate of drug-likeness (QED) is 0.822. The van der Waals surface area contributed by atoms with Gasteiger partial charge in [-0.3, -0.25) is 4.79 Å². The smallest absolute Gasteiger partial charge is 0.223 e. The summed E-state index contributed by atoms with van der Waals surface area (Å²) in [6.07, 6.45) is 5.60. The molecule has 3 heteroatoms. The van der Waals surface area contributed by atoms with E-state index in [1.807, 2.05) is 11.8 Å². The lowest BCUT2D eigenvalue weighted by Gasteiger charge is -2.31. The first-order valence-electron chi connectivity index (χ1n) is 6.98. The minimum Gasteiger partial charge on any atom is -0.393 e. The van der Waals surface area contributed by atoms with Gasteiger partial charge >= 0.3 is 0 Å². The van der Waals surface area contributed by atoms with Crippen molar-refractivity contribution in [2.45, 2.75) is 71.4 Å². The number of aliphatic hydroxyl groups is 1. The molecule has 0 radical (unpaired) electrons. The molecule has 1 aliphatic heterocycles. The number of nitrogens with zero attached hydrogens (tertiary/aromatic N) is 1. The zero-order valence-electron chi connectivity index (χ0n) is 11.5. The van der Waals surface area contributed by atoms with Gasteiger partial charge in [0, 0.05) is 19.0 Å². The Morgan fingerprint density at radius 3 is 2.59 bits per heavy atom. The maximum atomic E-state index is 12.2. The highest BCUT2D eigenvalue weighted by molar-refractivity contribution is 5.76. The van der Waals surface area contributed by atoms with Crippen LogP contribution in [0.4, 0.5) is 0 Å². The molecule has 2 atom stereocenters. The van der Waals surface area contributed by atoms with Crippen LogP contribution < -0.4 is 0 Å². The van der Waals surface area contributed by atoms with E-state index in [0.29, 0.717) is 12.3 Å². The maximum absolute atomic E-state index is 12.2. The van der Waals surface area contributed by atoms with Crippen molar-refractivity contribution in [2.75, 3.05) is 6.54 Å². The fourth-order valence-corrected chi connectivity index (χ4v) is 2.61. The molecule has 0 aromatic carbocycles. The SMILES string of the molecule is CC(C)CC(=O)N1CCCCCC1CC(C)O. The molecule has 0 bridgehead atoms. The number of carbonyl (C=O) groups excluding carboxylic acids is 1. The summed E-state index contributed by atoms with van der Waals surface area (Å²) in [4.78, 5) is 14.2. The molecule has 2 unspecified atom stereocenters. The number of hydrogen-bond acceptors (Lipinski definition) is 2. The predicted molar refractivity (Wildman–Crippen MR) is 69.7 cm³/mol. The van der Waals surface area contributed by atoms with Gasteiger partial charge in [0.25, 0.3) is 0 Å². The Labute approximate surface area is 105 Å². The summed E-state index contributed by atoms with van der Waals surface area (Å²) in [6, 6.07) is 0.253. The van der Waals surface area contributed by atoms with Gasteiger partial charge in [0.15, 0.2) is 0 Å². The predicted octanol–water partition coefficient (Wildman–Crippen LogP) is 2.57. The Morgan fingerprint density at radius 1 is 1.29 bits per heavy atom. The van der Waals surface area contributed by atoms with Crippen LogP contribution in [0.5, 0.6) is 0 Å². The monoisotopic (exact) mass is 241 g/mol. The Morgan fingerprint density at radius 2 is 2.00 bits per heavy atom. The molecule has 0 saturated carbocycles. The van der Waals surface area contributed by atoms with E-state index >= 15 is 0 Å². The summed E-state index contributed by atoms with van der Waals surface area (Å²) in [5.41, 5.74) is 0. The van der Waals surface area contributed by atoms with Crippen LogP contribution in [-0.4, -0.2) is 34.6 Å². The lowest BCUT2D eigenvalue weighted by Crippen LogP contribution is -2.41. The highest BCUT2D eigenvalue weighted by Gasteiger charge is 2.26. The van der Waals surface area contributed by atoms with Crippen LogP contribution in [0, 0.1) is 5.92 Å². The van der Waals surface area contributed by atoms with E-state index in [2.05, 4.69) is 13.8 Å². The van der Waals surface area contributed by atoms with Crippen molar-refractivity contribution in [3.8, 4) is 0 Å². The summed E-state index contributed by atoms with van der Waals surface area (Å²) < 4.78 is 0. The average Bonchev–Trinajstić information content (AvgIpc) is 2.41. The molecule has 1 saturated heterocycles. The van der Waals surface area contributed by atoms with E-state index in [0.717, 1.165) is 25.8 Å². The highest BCUT2D eigenvalue weighted by Crippen LogP contribution is 2.22. The number of rotatable bonds is 4. The zero-order valence-corrected chi connectivity index (χ0v) is 11.5. The van der Waals surface area contributed by atoms with Crippen LogP contribution in [0.1, 0.15) is 59.3 Å². The third-order valence-corrected chi connectivity index (χ3v) is 3.39. The first-order chi connectivity index (χ1) is 8.00. The molecule has 1 fully saturated rings. The van der Waals surface area contributed by atoms with Crippen molar-refractivity contribution < 1.29 is 9.90 Å². The number of hydrogen-bond donors (Lipinski definition) is 1. The first-order valence-corrected chi connectivity index (χ1v) is 6.98. The number of carbonyl (C=O) groups is 1. The second kappa shape index (κ2) is 7.00. The molecule has 1 amide bonds. The second-order valence-corrected chi connectivity index (χ2v) is 5.77. The molecule has 0 aromatic rings. The lowest BCUT2D eigenvalue weighted by atomic mass is 10.0. The van der Waals surface area contributed by atoms with E-state index < -0.39 is 0 Å². The van der Waals surface area contributed by atoms with Gasteiger partial charge in [-0.1, -0.05) is 26.7 Å². The molecule has 1 heterocycles. The first kappa shape index (κ1) is 14.5. The van der Waals surface area contributed by atoms with Crippen LogP contribution >= 0.6 is 0 Å². The van der Waals surface area contributed by atoms with Crippen molar-refractivity contribution >= 4 is 5.91 Å². The molecule has 0 aliphatic carbocycles. The van der Waals surface area contributed by atoms with Crippen molar-refractivity contribution in [3.63, 3.8) is 0 Å². The molecular formula is C14H27NO2. The van der Waals surface area contributed by atoms with E-state index in [9.17, 15) is 9.90 Å². The van der Waals surface area contributed by atoms with Crippen molar-refractivity contribution in [3.05, 3.63) is 0 Å². The molecular weight excluding hydrogens is 214 g/mol. The van der Waals surface area contributed by atoms with Gasteiger partial charge in [0.05, 0.1) is 6.10 Å². The van der Waals surface area contributed by atoms with Gasteiger partial charge in [-0.05, 0) is 32.1 Å². The van der Waals surface area contributed by atoms with Crippen molar-refractivity contribution in [1.29, 1.82) is 0 Å². The van der Waals surface area contributed by atoms with Gasteiger partial charge in [-0.15, -0.1) is 0 Å². The number of aliphatic hydroxyl groups excluding tert-OH is 1. The van der Waals surface area contributed by atoms with Crippen LogP contribution in [0.25, 0.3) is 0 Å². The molecule has 3 nitrogen and oxygen atoms in total. The second-order valence-electron chi connectivity index (χ2n) is 5.77. The largest absolute Gasteiger partial charge is 0.393 e. The number of amides is 1. The molecule has 17 heavy (non-hydrogen) atoms. The van der Waals surface area contributed by atoms with Gasteiger partial charge in [-0.25, -0.2) is 0 Å². The number of likely N-dealkylation sites (tertiary alicyclic amines) is 1. The molecule has 1 aliphatic rings. The van der Waals surface area contributed by atoms with E-state index in [-0.39, 0.29) is 18.1 Å². The topological polar surface area (TPSA) is 40.5 Å². The third-order valence-electron chi connectivity index (χ3n) is 3.39. The van der Waals surface area contributed by atoms with Crippen LogP contribution in [0.15, 0.2) is 0 Å². The summed E-state index contributed by atoms with van der Waals surface area (Å²) in [6.45, 7) is 6.86. The standard InChI is InChI=1S/C14H27NO2/c1-11(2)9-14(17)15-8-6-4-5-7-13(15)10-12(3)16/h11-13,16H,4-10H2,1-3H3. The van der Waals surface area contributed by atoms with E-state index in [1.54, 1.807) is 0 Å². The van der Waals surface area contributed by atoms with Crippen molar-refractivity contribution in [2.24, 2.45) is 5.92 Å². The van der Waals surface area contributed by atoms with E-state index in [4.69, 9.17) is 0 Å². The third kappa shape index (κ3) is 5.07. The fourth-order valence-electron chi connectivity index (χ4n) is 2.61. The Bertz CT molecular complexity index is 238. The molecule has 0 aromatic heterocycles. The fraction of sp³-hybridized carbons (Fsp3) is 0.929. The zero-order chi connectivity index (χ0) is 12.8. The van der Waals surface area contributed by atoms with Gasteiger partial charge in [0.2, 0.25) is 5.91 Å². The van der Waals surface area contributed by atoms with Gasteiger partial charge in [-0.2, -0.15) is 0 Å². The highest BCUT2D eigenvalue weighted by atomic mass is 16.3. The molecule has 100 valence electrons. The van der Waals surface area contributed by atoms with Crippen molar-refractivity contribution in [1.82, 2.24) is 4.90 Å². The van der Waals surface area contributed by atoms with Gasteiger partial charge < -0.3 is 10.0 Å². The normalized spacial score (nSPS) is 23.6. The Kier molecular flexibility index (Phi) is 5.96. The molecule has 0 spiro atoms. The summed E-state index contributed by atoms with van der Waals surface area (Å²) in [5.74, 6) is 0.686. The van der Waals surface area contributed by atoms with E-state index in [1.165, 1.54) is 12.8 Å². The summed E-state index contributed by atoms with van der Waals surface area (Å²) >= 11 is 0. The van der Waals surface area contributed by atoms with Crippen LogP contribution in [0.3, 0.4) is 0 Å². The minimum absolute atomic E-state index is 0.253. The van der Waals surface area contributed by atoms with Crippen LogP contribution in [0.2, 0.25) is 0 Å². The Balaban J connectivity index is 2.63. The Hall–Kier alpha value is -0.570. The minimum atomic E-state index is -0.313. The molecule has 1 N–H and O–H groups in total. The summed E-state index contributed by atoms with van der Waals surface area (Å²) in [5, 5.41) is 9.54. The lowest BCUT2D eigenvalue weighted by molar-refractivity contribution is -0.134.